The van der Waals surface area contributed by atoms with Crippen molar-refractivity contribution >= 4 is 5.78 Å². The lowest BCUT2D eigenvalue weighted by molar-refractivity contribution is 0.0992. The van der Waals surface area contributed by atoms with Crippen LogP contribution in [0.3, 0.4) is 0 Å². The van der Waals surface area contributed by atoms with Crippen molar-refractivity contribution in [2.75, 3.05) is 0 Å². The van der Waals surface area contributed by atoms with Gasteiger partial charge in [0.15, 0.2) is 5.78 Å². The fourth-order valence-electron chi connectivity index (χ4n) is 1.82. The molecule has 0 aliphatic carbocycles. The summed E-state index contributed by atoms with van der Waals surface area (Å²) in [5, 5.41) is 0. The van der Waals surface area contributed by atoms with E-state index in [1.807, 2.05) is 44.2 Å². The van der Waals surface area contributed by atoms with Crippen LogP contribution in [-0.2, 0) is 6.42 Å². The maximum absolute atomic E-state index is 12.2. The van der Waals surface area contributed by atoms with Gasteiger partial charge >= 0.3 is 0 Å². The quantitative estimate of drug-likeness (QED) is 0.751. The smallest absolute Gasteiger partial charge is 0.167 e. The Morgan fingerprint density at radius 2 is 2.06 bits per heavy atom. The number of aromatic nitrogens is 1. The Balaban J connectivity index is 2.23. The Morgan fingerprint density at radius 1 is 1.24 bits per heavy atom. The third-order valence-electron chi connectivity index (χ3n) is 2.78. The predicted octanol–water partition coefficient (Wildman–Crippen LogP) is 3.12. The summed E-state index contributed by atoms with van der Waals surface area (Å²) >= 11 is 0. The van der Waals surface area contributed by atoms with Gasteiger partial charge in [-0.2, -0.15) is 0 Å². The molecule has 0 saturated heterocycles. The van der Waals surface area contributed by atoms with Crippen LogP contribution in [0.25, 0.3) is 0 Å². The Morgan fingerprint density at radius 3 is 2.76 bits per heavy atom. The maximum Gasteiger partial charge on any atom is 0.167 e. The van der Waals surface area contributed by atoms with Crippen LogP contribution in [0.4, 0.5) is 0 Å². The summed E-state index contributed by atoms with van der Waals surface area (Å²) < 4.78 is 0. The molecule has 17 heavy (non-hydrogen) atoms. The second-order valence-electron chi connectivity index (χ2n) is 4.28. The highest BCUT2D eigenvalue weighted by atomic mass is 16.1. The monoisotopic (exact) mass is 225 g/mol. The van der Waals surface area contributed by atoms with E-state index in [0.717, 1.165) is 22.3 Å². The summed E-state index contributed by atoms with van der Waals surface area (Å²) in [6, 6.07) is 9.75. The number of pyridine rings is 1. The van der Waals surface area contributed by atoms with Crippen LogP contribution in [0, 0.1) is 13.8 Å². The van der Waals surface area contributed by atoms with Gasteiger partial charge in [-0.15, -0.1) is 0 Å². The van der Waals surface area contributed by atoms with Crippen molar-refractivity contribution in [2.24, 2.45) is 0 Å². The molecule has 0 radical (unpaired) electrons. The minimum atomic E-state index is 0.152. The van der Waals surface area contributed by atoms with E-state index in [2.05, 4.69) is 4.98 Å². The molecule has 0 N–H and O–H groups in total. The van der Waals surface area contributed by atoms with Gasteiger partial charge in [0.2, 0.25) is 0 Å². The second kappa shape index (κ2) is 4.91. The van der Waals surface area contributed by atoms with E-state index in [1.54, 1.807) is 12.4 Å². The predicted molar refractivity (Wildman–Crippen MR) is 68.2 cm³/mol. The Kier molecular flexibility index (Phi) is 3.33. The molecule has 0 unspecified atom stereocenters. The van der Waals surface area contributed by atoms with Crippen LogP contribution in [-0.4, -0.2) is 10.8 Å². The summed E-state index contributed by atoms with van der Waals surface area (Å²) in [6.45, 7) is 3.97. The first-order valence-corrected chi connectivity index (χ1v) is 5.66. The zero-order valence-electron chi connectivity index (χ0n) is 10.1. The molecule has 0 spiro atoms. The SMILES string of the molecule is Cc1ccc(C)c(C(=O)Cc2cccnc2)c1. The van der Waals surface area contributed by atoms with Crippen molar-refractivity contribution in [1.82, 2.24) is 4.98 Å². The van der Waals surface area contributed by atoms with Crippen LogP contribution in [0.2, 0.25) is 0 Å². The third kappa shape index (κ3) is 2.78. The summed E-state index contributed by atoms with van der Waals surface area (Å²) in [5.74, 6) is 0.152. The van der Waals surface area contributed by atoms with E-state index in [0.29, 0.717) is 6.42 Å². The van der Waals surface area contributed by atoms with Crippen LogP contribution < -0.4 is 0 Å². The van der Waals surface area contributed by atoms with E-state index in [9.17, 15) is 4.79 Å². The molecular formula is C15H15NO. The topological polar surface area (TPSA) is 30.0 Å². The third-order valence-corrected chi connectivity index (χ3v) is 2.78. The van der Waals surface area contributed by atoms with Crippen molar-refractivity contribution in [1.29, 1.82) is 0 Å². The van der Waals surface area contributed by atoms with Crippen LogP contribution in [0.5, 0.6) is 0 Å². The number of aryl methyl sites for hydroxylation is 2. The minimum Gasteiger partial charge on any atom is -0.294 e. The van der Waals surface area contributed by atoms with Crippen molar-refractivity contribution < 1.29 is 4.79 Å². The molecule has 2 aromatic rings. The van der Waals surface area contributed by atoms with Gasteiger partial charge in [0.05, 0.1) is 0 Å². The maximum atomic E-state index is 12.2. The fourth-order valence-corrected chi connectivity index (χ4v) is 1.82. The van der Waals surface area contributed by atoms with Gasteiger partial charge in [-0.3, -0.25) is 9.78 Å². The number of Topliss-reactive ketones (excluding diaryl/α,β-unsaturated/α-hetero) is 1. The molecular weight excluding hydrogens is 210 g/mol. The van der Waals surface area contributed by atoms with Gasteiger partial charge < -0.3 is 0 Å². The number of benzene rings is 1. The molecule has 86 valence electrons. The van der Waals surface area contributed by atoms with Gasteiger partial charge in [-0.05, 0) is 37.1 Å². The molecule has 2 rings (SSSR count). The molecule has 0 aliphatic rings. The lowest BCUT2D eigenvalue weighted by Crippen LogP contribution is -2.06. The molecule has 0 bridgehead atoms. The number of ketones is 1. The van der Waals surface area contributed by atoms with Crippen LogP contribution in [0.15, 0.2) is 42.7 Å². The van der Waals surface area contributed by atoms with Crippen molar-refractivity contribution in [3.63, 3.8) is 0 Å². The Labute approximate surface area is 101 Å². The first-order valence-electron chi connectivity index (χ1n) is 5.66. The van der Waals surface area contributed by atoms with Crippen LogP contribution >= 0.6 is 0 Å². The van der Waals surface area contributed by atoms with Gasteiger partial charge in [0, 0.05) is 24.4 Å². The van der Waals surface area contributed by atoms with Gasteiger partial charge in [-0.1, -0.05) is 23.8 Å². The molecule has 0 saturated carbocycles. The molecule has 0 aliphatic heterocycles. The average molecular weight is 225 g/mol. The van der Waals surface area contributed by atoms with E-state index < -0.39 is 0 Å². The first-order chi connectivity index (χ1) is 8.16. The Hall–Kier alpha value is -1.96. The number of carbonyl (C=O) groups is 1. The number of carbonyl (C=O) groups excluding carboxylic acids is 1. The van der Waals surface area contributed by atoms with Gasteiger partial charge in [0.25, 0.3) is 0 Å². The van der Waals surface area contributed by atoms with Crippen molar-refractivity contribution in [3.05, 3.63) is 65.0 Å². The molecule has 2 heteroatoms. The van der Waals surface area contributed by atoms with Crippen molar-refractivity contribution in [3.8, 4) is 0 Å². The number of hydrogen-bond acceptors (Lipinski definition) is 2. The summed E-state index contributed by atoms with van der Waals surface area (Å²) in [5.41, 5.74) is 3.92. The molecule has 1 aromatic carbocycles. The average Bonchev–Trinajstić information content (AvgIpc) is 2.33. The second-order valence-corrected chi connectivity index (χ2v) is 4.28. The molecule has 0 amide bonds. The molecule has 2 nitrogen and oxygen atoms in total. The summed E-state index contributed by atoms with van der Waals surface area (Å²) in [7, 11) is 0. The van der Waals surface area contributed by atoms with Crippen LogP contribution in [0.1, 0.15) is 27.0 Å². The molecule has 1 heterocycles. The molecule has 1 aromatic heterocycles. The fraction of sp³-hybridized carbons (Fsp3) is 0.200. The van der Waals surface area contributed by atoms with E-state index in [-0.39, 0.29) is 5.78 Å². The summed E-state index contributed by atoms with van der Waals surface area (Å²) in [4.78, 5) is 16.2. The van der Waals surface area contributed by atoms with Gasteiger partial charge in [-0.25, -0.2) is 0 Å². The number of nitrogens with zero attached hydrogens (tertiary/aromatic N) is 1. The highest BCUT2D eigenvalue weighted by Crippen LogP contribution is 2.13. The molecule has 0 atom stereocenters. The lowest BCUT2D eigenvalue weighted by Gasteiger charge is -2.06. The highest BCUT2D eigenvalue weighted by Gasteiger charge is 2.10. The molecule has 0 fully saturated rings. The number of hydrogen-bond donors (Lipinski definition) is 0. The highest BCUT2D eigenvalue weighted by molar-refractivity contribution is 5.98. The Bertz CT molecular complexity index is 532. The van der Waals surface area contributed by atoms with E-state index in [4.69, 9.17) is 0 Å². The van der Waals surface area contributed by atoms with E-state index in [1.165, 1.54) is 0 Å². The largest absolute Gasteiger partial charge is 0.294 e. The zero-order valence-corrected chi connectivity index (χ0v) is 10.1. The minimum absolute atomic E-state index is 0.152. The van der Waals surface area contributed by atoms with Crippen molar-refractivity contribution in [2.45, 2.75) is 20.3 Å². The first kappa shape index (κ1) is 11.5. The standard InChI is InChI=1S/C15H15NO/c1-11-5-6-12(2)14(8-11)15(17)9-13-4-3-7-16-10-13/h3-8,10H,9H2,1-2H3. The summed E-state index contributed by atoms with van der Waals surface area (Å²) in [6.07, 6.45) is 3.87. The lowest BCUT2D eigenvalue weighted by atomic mass is 9.98. The zero-order chi connectivity index (χ0) is 12.3. The van der Waals surface area contributed by atoms with E-state index >= 15 is 0 Å². The number of rotatable bonds is 3. The normalized spacial score (nSPS) is 10.2. The van der Waals surface area contributed by atoms with Gasteiger partial charge in [0.1, 0.15) is 0 Å².